The van der Waals surface area contributed by atoms with Crippen LogP contribution < -0.4 is 5.32 Å². The maximum absolute atomic E-state index is 13.0. The summed E-state index contributed by atoms with van der Waals surface area (Å²) in [6.45, 7) is 5.79. The van der Waals surface area contributed by atoms with E-state index in [4.69, 9.17) is 14.2 Å². The van der Waals surface area contributed by atoms with Crippen LogP contribution in [0.4, 0.5) is 4.79 Å². The van der Waals surface area contributed by atoms with Crippen LogP contribution in [0.5, 0.6) is 0 Å². The minimum absolute atomic E-state index is 0.0330. The first-order chi connectivity index (χ1) is 13.0. The summed E-state index contributed by atoms with van der Waals surface area (Å²) < 4.78 is 15.5. The molecule has 0 aromatic heterocycles. The van der Waals surface area contributed by atoms with Crippen molar-refractivity contribution < 1.29 is 23.8 Å². The molecule has 0 aliphatic rings. The molecular formula is C20H32N2O5. The highest BCUT2D eigenvalue weighted by atomic mass is 16.5. The molecule has 2 unspecified atom stereocenters. The molecule has 0 saturated carbocycles. The summed E-state index contributed by atoms with van der Waals surface area (Å²) in [6.07, 6.45) is 0.147. The van der Waals surface area contributed by atoms with E-state index in [1.165, 1.54) is 0 Å². The topological polar surface area (TPSA) is 77.1 Å². The van der Waals surface area contributed by atoms with Gasteiger partial charge in [0.05, 0.1) is 13.2 Å². The minimum atomic E-state index is -0.660. The van der Waals surface area contributed by atoms with Gasteiger partial charge in [0.25, 0.3) is 0 Å². The molecule has 2 atom stereocenters. The van der Waals surface area contributed by atoms with Gasteiger partial charge < -0.3 is 24.4 Å². The summed E-state index contributed by atoms with van der Waals surface area (Å²) in [5, 5.41) is 2.74. The summed E-state index contributed by atoms with van der Waals surface area (Å²) in [7, 11) is 3.18. The van der Waals surface area contributed by atoms with Crippen molar-refractivity contribution in [1.29, 1.82) is 0 Å². The molecule has 27 heavy (non-hydrogen) atoms. The Morgan fingerprint density at radius 3 is 2.19 bits per heavy atom. The van der Waals surface area contributed by atoms with Gasteiger partial charge in [0.15, 0.2) is 0 Å². The second-order valence-corrected chi connectivity index (χ2v) is 6.38. The summed E-state index contributed by atoms with van der Waals surface area (Å²) in [4.78, 5) is 26.9. The number of hydrogen-bond donors (Lipinski definition) is 1. The number of carbonyl (C=O) groups is 2. The smallest absolute Gasteiger partial charge is 0.408 e. The first-order valence-corrected chi connectivity index (χ1v) is 9.27. The van der Waals surface area contributed by atoms with E-state index in [2.05, 4.69) is 5.32 Å². The third-order valence-corrected chi connectivity index (χ3v) is 4.41. The van der Waals surface area contributed by atoms with Crippen molar-refractivity contribution in [2.75, 3.05) is 40.5 Å². The molecule has 2 amide bonds. The number of carbonyl (C=O) groups excluding carboxylic acids is 2. The molecule has 0 bridgehead atoms. The van der Waals surface area contributed by atoms with Crippen LogP contribution in [0.15, 0.2) is 30.3 Å². The molecule has 152 valence electrons. The number of alkyl carbamates (subject to hydrolysis) is 1. The fraction of sp³-hybridized carbons (Fsp3) is 0.600. The summed E-state index contributed by atoms with van der Waals surface area (Å²) in [6, 6.07) is 8.75. The Kier molecular flexibility index (Phi) is 11.1. The van der Waals surface area contributed by atoms with Gasteiger partial charge in [0.2, 0.25) is 5.91 Å². The second-order valence-electron chi connectivity index (χ2n) is 6.38. The number of nitrogens with zero attached hydrogens (tertiary/aromatic N) is 1. The lowest BCUT2D eigenvalue weighted by atomic mass is 9.98. The van der Waals surface area contributed by atoms with E-state index in [0.29, 0.717) is 26.3 Å². The average Bonchev–Trinajstić information content (AvgIpc) is 2.70. The highest BCUT2D eigenvalue weighted by Gasteiger charge is 2.30. The van der Waals surface area contributed by atoms with Gasteiger partial charge in [-0.3, -0.25) is 4.79 Å². The first kappa shape index (κ1) is 22.9. The maximum atomic E-state index is 13.0. The van der Waals surface area contributed by atoms with Gasteiger partial charge in [0.1, 0.15) is 12.6 Å². The number of nitrogens with one attached hydrogen (secondary N) is 1. The van der Waals surface area contributed by atoms with E-state index in [9.17, 15) is 9.59 Å². The number of methoxy groups -OCH3 is 2. The van der Waals surface area contributed by atoms with Crippen LogP contribution >= 0.6 is 0 Å². The van der Waals surface area contributed by atoms with Crippen molar-refractivity contribution in [1.82, 2.24) is 10.2 Å². The van der Waals surface area contributed by atoms with Crippen molar-refractivity contribution in [3.8, 4) is 0 Å². The van der Waals surface area contributed by atoms with Crippen LogP contribution in [0.25, 0.3) is 0 Å². The molecule has 1 N–H and O–H groups in total. The van der Waals surface area contributed by atoms with E-state index in [0.717, 1.165) is 12.0 Å². The molecular weight excluding hydrogens is 348 g/mol. The Bertz CT molecular complexity index is 545. The number of amides is 2. The highest BCUT2D eigenvalue weighted by molar-refractivity contribution is 5.86. The lowest BCUT2D eigenvalue weighted by Gasteiger charge is -2.30. The highest BCUT2D eigenvalue weighted by Crippen LogP contribution is 2.12. The number of ether oxygens (including phenoxy) is 3. The Morgan fingerprint density at radius 2 is 1.67 bits per heavy atom. The van der Waals surface area contributed by atoms with E-state index in [-0.39, 0.29) is 18.4 Å². The quantitative estimate of drug-likeness (QED) is 0.603. The first-order valence-electron chi connectivity index (χ1n) is 9.27. The summed E-state index contributed by atoms with van der Waals surface area (Å²) in [5.74, 6) is -0.190. The van der Waals surface area contributed by atoms with Gasteiger partial charge in [-0.25, -0.2) is 4.79 Å². The Balaban J connectivity index is 2.73. The largest absolute Gasteiger partial charge is 0.445 e. The van der Waals surface area contributed by atoms with E-state index < -0.39 is 12.1 Å². The van der Waals surface area contributed by atoms with Gasteiger partial charge in [-0.15, -0.1) is 0 Å². The van der Waals surface area contributed by atoms with Crippen molar-refractivity contribution >= 4 is 12.0 Å². The summed E-state index contributed by atoms with van der Waals surface area (Å²) in [5.41, 5.74) is 0.890. The molecule has 0 saturated heterocycles. The van der Waals surface area contributed by atoms with Crippen molar-refractivity contribution in [2.45, 2.75) is 32.9 Å². The molecule has 0 heterocycles. The SMILES string of the molecule is CCC(C)C(NC(=O)OCc1ccccc1)C(=O)N(CCOC)CCOC. The van der Waals surface area contributed by atoms with Crippen LogP contribution in [-0.4, -0.2) is 63.5 Å². The molecule has 7 heteroatoms. The van der Waals surface area contributed by atoms with Gasteiger partial charge in [-0.1, -0.05) is 50.6 Å². The average molecular weight is 380 g/mol. The van der Waals surface area contributed by atoms with Crippen molar-refractivity contribution in [3.05, 3.63) is 35.9 Å². The maximum Gasteiger partial charge on any atom is 0.408 e. The zero-order valence-electron chi connectivity index (χ0n) is 16.8. The predicted octanol–water partition coefficient (Wildman–Crippen LogP) is 2.45. The number of benzene rings is 1. The molecule has 1 aromatic rings. The van der Waals surface area contributed by atoms with Gasteiger partial charge in [-0.05, 0) is 11.5 Å². The van der Waals surface area contributed by atoms with Crippen LogP contribution in [0.1, 0.15) is 25.8 Å². The number of hydrogen-bond acceptors (Lipinski definition) is 5. The second kappa shape index (κ2) is 13.1. The Labute approximate surface area is 162 Å². The monoisotopic (exact) mass is 380 g/mol. The summed E-state index contributed by atoms with van der Waals surface area (Å²) >= 11 is 0. The van der Waals surface area contributed by atoms with Gasteiger partial charge in [-0.2, -0.15) is 0 Å². The molecule has 0 aliphatic heterocycles. The Hall–Kier alpha value is -2.12. The minimum Gasteiger partial charge on any atom is -0.445 e. The molecule has 0 spiro atoms. The van der Waals surface area contributed by atoms with Crippen molar-refractivity contribution in [3.63, 3.8) is 0 Å². The van der Waals surface area contributed by atoms with Crippen LogP contribution in [0, 0.1) is 5.92 Å². The van der Waals surface area contributed by atoms with Gasteiger partial charge >= 0.3 is 6.09 Å². The van der Waals surface area contributed by atoms with E-state index in [1.54, 1.807) is 19.1 Å². The lowest BCUT2D eigenvalue weighted by molar-refractivity contribution is -0.136. The van der Waals surface area contributed by atoms with Crippen LogP contribution in [0.3, 0.4) is 0 Å². The lowest BCUT2D eigenvalue weighted by Crippen LogP contribution is -2.53. The Morgan fingerprint density at radius 1 is 1.07 bits per heavy atom. The zero-order chi connectivity index (χ0) is 20.1. The van der Waals surface area contributed by atoms with E-state index in [1.807, 2.05) is 44.2 Å². The molecule has 0 fully saturated rings. The van der Waals surface area contributed by atoms with Gasteiger partial charge in [0, 0.05) is 27.3 Å². The molecule has 1 aromatic carbocycles. The van der Waals surface area contributed by atoms with Crippen LogP contribution in [-0.2, 0) is 25.6 Å². The van der Waals surface area contributed by atoms with Crippen LogP contribution in [0.2, 0.25) is 0 Å². The standard InChI is InChI=1S/C20H32N2O5/c1-5-16(2)18(19(23)22(11-13-25-3)12-14-26-4)21-20(24)27-15-17-9-7-6-8-10-17/h6-10,16,18H,5,11-15H2,1-4H3,(H,21,24). The third-order valence-electron chi connectivity index (χ3n) is 4.41. The molecule has 1 rings (SSSR count). The molecule has 7 nitrogen and oxygen atoms in total. The third kappa shape index (κ3) is 8.41. The molecule has 0 aliphatic carbocycles. The van der Waals surface area contributed by atoms with E-state index >= 15 is 0 Å². The van der Waals surface area contributed by atoms with Crippen molar-refractivity contribution in [2.24, 2.45) is 5.92 Å². The predicted molar refractivity (Wildman–Crippen MR) is 103 cm³/mol. The normalized spacial score (nSPS) is 12.9. The zero-order valence-corrected chi connectivity index (χ0v) is 16.8. The fourth-order valence-corrected chi connectivity index (χ4v) is 2.51. The molecule has 0 radical (unpaired) electrons. The fourth-order valence-electron chi connectivity index (χ4n) is 2.51. The number of rotatable bonds is 12.